The molecule has 2 rings (SSSR count). The van der Waals surface area contributed by atoms with E-state index < -0.39 is 6.61 Å². The summed E-state index contributed by atoms with van der Waals surface area (Å²) in [4.78, 5) is 12.2. The molecule has 122 valence electrons. The predicted octanol–water partition coefficient (Wildman–Crippen LogP) is 2.17. The van der Waals surface area contributed by atoms with Crippen LogP contribution in [0.25, 0.3) is 0 Å². The van der Waals surface area contributed by atoms with Gasteiger partial charge in [-0.25, -0.2) is 0 Å². The van der Waals surface area contributed by atoms with Crippen LogP contribution in [-0.2, 0) is 0 Å². The number of carbonyl (C=O) groups is 1. The Labute approximate surface area is 128 Å². The van der Waals surface area contributed by atoms with E-state index in [0.29, 0.717) is 6.04 Å². The van der Waals surface area contributed by atoms with E-state index in [0.717, 1.165) is 19.4 Å². The number of ether oxygens (including phenoxy) is 2. The smallest absolute Gasteiger partial charge is 0.387 e. The fraction of sp³-hybridized carbons (Fsp3) is 0.533. The van der Waals surface area contributed by atoms with Crippen molar-refractivity contribution in [1.82, 2.24) is 10.6 Å². The van der Waals surface area contributed by atoms with Crippen LogP contribution in [0.15, 0.2) is 18.2 Å². The second kappa shape index (κ2) is 7.40. The molecule has 0 bridgehead atoms. The first-order valence-electron chi connectivity index (χ1n) is 7.16. The zero-order chi connectivity index (χ0) is 16.1. The number of benzene rings is 1. The highest BCUT2D eigenvalue weighted by molar-refractivity contribution is 5.95. The molecule has 0 aliphatic carbocycles. The van der Waals surface area contributed by atoms with Gasteiger partial charge in [-0.3, -0.25) is 4.79 Å². The van der Waals surface area contributed by atoms with Crippen molar-refractivity contribution < 1.29 is 23.0 Å². The van der Waals surface area contributed by atoms with Crippen molar-refractivity contribution in [1.29, 1.82) is 0 Å². The Balaban J connectivity index is 2.08. The van der Waals surface area contributed by atoms with Crippen LogP contribution in [0.5, 0.6) is 11.5 Å². The standard InChI is InChI=1S/C15H20F2N2O3/c1-9-7-11(5-6-18-9)19-14(20)10-3-4-12(21-2)13(8-10)22-15(16)17/h3-4,8-9,11,15,18H,5-7H2,1-2H3,(H,19,20). The van der Waals surface area contributed by atoms with Crippen LogP contribution < -0.4 is 20.1 Å². The van der Waals surface area contributed by atoms with E-state index in [4.69, 9.17) is 4.74 Å². The summed E-state index contributed by atoms with van der Waals surface area (Å²) < 4.78 is 34.1. The molecule has 0 spiro atoms. The maximum absolute atomic E-state index is 12.4. The first-order chi connectivity index (χ1) is 10.5. The summed E-state index contributed by atoms with van der Waals surface area (Å²) in [5.74, 6) is -0.294. The summed E-state index contributed by atoms with van der Waals surface area (Å²) >= 11 is 0. The third-order valence-electron chi connectivity index (χ3n) is 3.60. The highest BCUT2D eigenvalue weighted by atomic mass is 19.3. The molecule has 1 heterocycles. The first-order valence-corrected chi connectivity index (χ1v) is 7.16. The SMILES string of the molecule is COc1ccc(C(=O)NC2CCNC(C)C2)cc1OC(F)F. The maximum Gasteiger partial charge on any atom is 0.387 e. The van der Waals surface area contributed by atoms with E-state index >= 15 is 0 Å². The molecule has 0 saturated carbocycles. The van der Waals surface area contributed by atoms with Crippen molar-refractivity contribution in [3.05, 3.63) is 23.8 Å². The molecule has 1 aliphatic heterocycles. The topological polar surface area (TPSA) is 59.6 Å². The third kappa shape index (κ3) is 4.30. The molecular weight excluding hydrogens is 294 g/mol. The highest BCUT2D eigenvalue weighted by Gasteiger charge is 2.21. The minimum atomic E-state index is -2.97. The summed E-state index contributed by atoms with van der Waals surface area (Å²) in [5, 5.41) is 6.22. The van der Waals surface area contributed by atoms with Crippen LogP contribution in [0.1, 0.15) is 30.1 Å². The number of hydrogen-bond acceptors (Lipinski definition) is 4. The molecule has 5 nitrogen and oxygen atoms in total. The summed E-state index contributed by atoms with van der Waals surface area (Å²) in [7, 11) is 1.35. The van der Waals surface area contributed by atoms with E-state index in [1.165, 1.54) is 25.3 Å². The van der Waals surface area contributed by atoms with Crippen molar-refractivity contribution in [3.63, 3.8) is 0 Å². The average molecular weight is 314 g/mol. The van der Waals surface area contributed by atoms with Gasteiger partial charge in [-0.05, 0) is 44.5 Å². The number of nitrogens with one attached hydrogen (secondary N) is 2. The first kappa shape index (κ1) is 16.5. The van der Waals surface area contributed by atoms with Gasteiger partial charge in [0.2, 0.25) is 0 Å². The largest absolute Gasteiger partial charge is 0.493 e. The van der Waals surface area contributed by atoms with Crippen LogP contribution in [0, 0.1) is 0 Å². The highest BCUT2D eigenvalue weighted by Crippen LogP contribution is 2.29. The van der Waals surface area contributed by atoms with Gasteiger partial charge in [-0.15, -0.1) is 0 Å². The molecule has 2 N–H and O–H groups in total. The monoisotopic (exact) mass is 314 g/mol. The zero-order valence-corrected chi connectivity index (χ0v) is 12.6. The van der Waals surface area contributed by atoms with Crippen LogP contribution in [0.2, 0.25) is 0 Å². The Morgan fingerprint density at radius 2 is 2.18 bits per heavy atom. The summed E-state index contributed by atoms with van der Waals surface area (Å²) in [6.45, 7) is -0.0770. The lowest BCUT2D eigenvalue weighted by Crippen LogP contribution is -2.46. The van der Waals surface area contributed by atoms with Gasteiger partial charge in [0.05, 0.1) is 7.11 Å². The van der Waals surface area contributed by atoms with Crippen LogP contribution in [-0.4, -0.2) is 38.3 Å². The van der Waals surface area contributed by atoms with Gasteiger partial charge >= 0.3 is 6.61 Å². The van der Waals surface area contributed by atoms with Crippen LogP contribution in [0.4, 0.5) is 8.78 Å². The lowest BCUT2D eigenvalue weighted by molar-refractivity contribution is -0.0512. The number of alkyl halides is 2. The lowest BCUT2D eigenvalue weighted by atomic mass is 10.0. The Hall–Kier alpha value is -1.89. The summed E-state index contributed by atoms with van der Waals surface area (Å²) in [5.41, 5.74) is 0.266. The van der Waals surface area contributed by atoms with Crippen LogP contribution in [0.3, 0.4) is 0 Å². The van der Waals surface area contributed by atoms with E-state index in [1.54, 1.807) is 0 Å². The molecule has 7 heteroatoms. The molecule has 1 aliphatic rings. The predicted molar refractivity (Wildman–Crippen MR) is 77.6 cm³/mol. The fourth-order valence-corrected chi connectivity index (χ4v) is 2.54. The second-order valence-electron chi connectivity index (χ2n) is 5.29. The van der Waals surface area contributed by atoms with Crippen molar-refractivity contribution in [3.8, 4) is 11.5 Å². The van der Waals surface area contributed by atoms with E-state index in [9.17, 15) is 13.6 Å². The van der Waals surface area contributed by atoms with Crippen molar-refractivity contribution in [2.24, 2.45) is 0 Å². The van der Waals surface area contributed by atoms with E-state index in [2.05, 4.69) is 22.3 Å². The number of methoxy groups -OCH3 is 1. The summed E-state index contributed by atoms with van der Waals surface area (Å²) in [6, 6.07) is 4.65. The molecule has 22 heavy (non-hydrogen) atoms. The molecule has 1 amide bonds. The van der Waals surface area contributed by atoms with Gasteiger partial charge in [-0.1, -0.05) is 0 Å². The van der Waals surface area contributed by atoms with E-state index in [1.807, 2.05) is 0 Å². The molecular formula is C15H20F2N2O3. The quantitative estimate of drug-likeness (QED) is 0.874. The Morgan fingerprint density at radius 1 is 1.41 bits per heavy atom. The van der Waals surface area contributed by atoms with Crippen molar-refractivity contribution >= 4 is 5.91 Å². The van der Waals surface area contributed by atoms with Gasteiger partial charge < -0.3 is 20.1 Å². The molecule has 0 radical (unpaired) electrons. The van der Waals surface area contributed by atoms with Gasteiger partial charge in [0.25, 0.3) is 5.91 Å². The minimum Gasteiger partial charge on any atom is -0.493 e. The number of piperidine rings is 1. The second-order valence-corrected chi connectivity index (χ2v) is 5.29. The number of halogens is 2. The molecule has 1 saturated heterocycles. The molecule has 1 aromatic rings. The Morgan fingerprint density at radius 3 is 2.82 bits per heavy atom. The van der Waals surface area contributed by atoms with Gasteiger partial charge in [0.1, 0.15) is 0 Å². The van der Waals surface area contributed by atoms with Crippen molar-refractivity contribution in [2.45, 2.75) is 38.5 Å². The lowest BCUT2D eigenvalue weighted by Gasteiger charge is -2.28. The minimum absolute atomic E-state index is 0.0744. The number of hydrogen-bond donors (Lipinski definition) is 2. The van der Waals surface area contributed by atoms with Gasteiger partial charge in [0.15, 0.2) is 11.5 Å². The number of amides is 1. The number of rotatable bonds is 5. The van der Waals surface area contributed by atoms with Gasteiger partial charge in [0, 0.05) is 17.6 Å². The third-order valence-corrected chi connectivity index (χ3v) is 3.60. The molecule has 2 unspecified atom stereocenters. The van der Waals surface area contributed by atoms with Gasteiger partial charge in [-0.2, -0.15) is 8.78 Å². The average Bonchev–Trinajstić information content (AvgIpc) is 2.46. The van der Waals surface area contributed by atoms with Crippen LogP contribution >= 0.6 is 0 Å². The normalized spacial score (nSPS) is 21.5. The van der Waals surface area contributed by atoms with E-state index in [-0.39, 0.29) is 29.0 Å². The molecule has 1 aromatic carbocycles. The molecule has 1 fully saturated rings. The summed E-state index contributed by atoms with van der Waals surface area (Å²) in [6.07, 6.45) is 1.68. The zero-order valence-electron chi connectivity index (χ0n) is 12.6. The fourth-order valence-electron chi connectivity index (χ4n) is 2.54. The molecule has 0 aromatic heterocycles. The number of carbonyl (C=O) groups excluding carboxylic acids is 1. The molecule has 2 atom stereocenters. The Kier molecular flexibility index (Phi) is 5.54. The Bertz CT molecular complexity index is 526. The maximum atomic E-state index is 12.4. The van der Waals surface area contributed by atoms with Crippen molar-refractivity contribution in [2.75, 3.05) is 13.7 Å².